The van der Waals surface area contributed by atoms with E-state index in [2.05, 4.69) is 4.98 Å². The van der Waals surface area contributed by atoms with Crippen LogP contribution in [-0.4, -0.2) is 59.4 Å². The van der Waals surface area contributed by atoms with E-state index >= 15 is 0 Å². The normalized spacial score (nSPS) is 18.1. The highest BCUT2D eigenvalue weighted by atomic mass is 35.5. The van der Waals surface area contributed by atoms with Crippen LogP contribution >= 0.6 is 11.6 Å². The quantitative estimate of drug-likeness (QED) is 0.612. The van der Waals surface area contributed by atoms with Gasteiger partial charge in [-0.2, -0.15) is 0 Å². The molecule has 0 spiro atoms. The second-order valence-corrected chi connectivity index (χ2v) is 9.73. The molecule has 2 saturated heterocycles. The van der Waals surface area contributed by atoms with Crippen molar-refractivity contribution in [2.75, 3.05) is 32.8 Å². The minimum Gasteiger partial charge on any atom is -0.493 e. The van der Waals surface area contributed by atoms with Crippen molar-refractivity contribution in [2.24, 2.45) is 5.41 Å². The van der Waals surface area contributed by atoms with Gasteiger partial charge in [0.05, 0.1) is 12.2 Å². The van der Waals surface area contributed by atoms with E-state index in [4.69, 9.17) is 16.3 Å². The maximum atomic E-state index is 13.2. The number of aromatic nitrogens is 1. The van der Waals surface area contributed by atoms with E-state index in [1.165, 1.54) is 6.42 Å². The highest BCUT2D eigenvalue weighted by Crippen LogP contribution is 2.37. The van der Waals surface area contributed by atoms with Gasteiger partial charge in [-0.15, -0.1) is 0 Å². The highest BCUT2D eigenvalue weighted by molar-refractivity contribution is 6.30. The van der Waals surface area contributed by atoms with Gasteiger partial charge < -0.3 is 14.5 Å². The van der Waals surface area contributed by atoms with Gasteiger partial charge in [0.15, 0.2) is 0 Å². The first kappa shape index (κ1) is 23.6. The van der Waals surface area contributed by atoms with Crippen LogP contribution in [0.1, 0.15) is 54.6 Å². The van der Waals surface area contributed by atoms with Crippen LogP contribution in [0.2, 0.25) is 5.02 Å². The van der Waals surface area contributed by atoms with Crippen LogP contribution in [0.3, 0.4) is 0 Å². The average Bonchev–Trinajstić information content (AvgIpc) is 2.84. The maximum absolute atomic E-state index is 13.2. The van der Waals surface area contributed by atoms with Crippen molar-refractivity contribution in [2.45, 2.75) is 45.4 Å². The molecule has 2 aliphatic heterocycles. The zero-order chi connectivity index (χ0) is 23.3. The summed E-state index contributed by atoms with van der Waals surface area (Å²) in [5, 5.41) is 0.623. The summed E-state index contributed by atoms with van der Waals surface area (Å²) in [6, 6.07) is 11.0. The van der Waals surface area contributed by atoms with Crippen LogP contribution in [0.4, 0.5) is 0 Å². The Bertz CT molecular complexity index is 982. The van der Waals surface area contributed by atoms with E-state index in [9.17, 15) is 9.59 Å². The van der Waals surface area contributed by atoms with Gasteiger partial charge >= 0.3 is 0 Å². The van der Waals surface area contributed by atoms with E-state index in [-0.39, 0.29) is 17.2 Å². The Hall–Kier alpha value is -2.60. The Balaban J connectivity index is 1.46. The number of benzene rings is 1. The number of carbonyl (C=O) groups is 2. The zero-order valence-corrected chi connectivity index (χ0v) is 20.0. The van der Waals surface area contributed by atoms with E-state index in [1.807, 2.05) is 41.0 Å². The average molecular weight is 470 g/mol. The third-order valence-corrected chi connectivity index (χ3v) is 7.16. The Kier molecular flexibility index (Phi) is 7.53. The Morgan fingerprint density at radius 1 is 1.03 bits per heavy atom. The molecule has 4 rings (SSSR count). The van der Waals surface area contributed by atoms with Crippen LogP contribution in [0.5, 0.6) is 5.75 Å². The molecule has 3 heterocycles. The van der Waals surface area contributed by atoms with E-state index in [0.717, 1.165) is 44.5 Å². The second-order valence-electron chi connectivity index (χ2n) is 9.29. The molecule has 1 aromatic carbocycles. The molecule has 2 aromatic rings. The van der Waals surface area contributed by atoms with Crippen molar-refractivity contribution >= 4 is 23.4 Å². The number of pyridine rings is 1. The molecule has 2 aliphatic rings. The van der Waals surface area contributed by atoms with Gasteiger partial charge in [-0.1, -0.05) is 17.7 Å². The largest absolute Gasteiger partial charge is 0.493 e. The first-order valence-corrected chi connectivity index (χ1v) is 12.2. The molecule has 0 atom stereocenters. The molecule has 0 unspecified atom stereocenters. The molecule has 2 fully saturated rings. The number of aryl methyl sites for hydroxylation is 1. The molecule has 0 bridgehead atoms. The topological polar surface area (TPSA) is 62.7 Å². The van der Waals surface area contributed by atoms with Crippen LogP contribution < -0.4 is 4.74 Å². The second kappa shape index (κ2) is 10.6. The summed E-state index contributed by atoms with van der Waals surface area (Å²) in [6.45, 7) is 5.17. The summed E-state index contributed by atoms with van der Waals surface area (Å²) in [4.78, 5) is 34.4. The van der Waals surface area contributed by atoms with Crippen LogP contribution in [0.15, 0.2) is 42.6 Å². The number of likely N-dealkylation sites (tertiary alicyclic amines) is 2. The predicted molar refractivity (Wildman–Crippen MR) is 129 cm³/mol. The van der Waals surface area contributed by atoms with Crippen molar-refractivity contribution in [3.63, 3.8) is 0 Å². The summed E-state index contributed by atoms with van der Waals surface area (Å²) in [5.41, 5.74) is 1.07. The van der Waals surface area contributed by atoms with Gasteiger partial charge in [-0.25, -0.2) is 0 Å². The summed E-state index contributed by atoms with van der Waals surface area (Å²) in [6.07, 6.45) is 6.93. The third-order valence-electron chi connectivity index (χ3n) is 6.92. The number of ether oxygens (including phenoxy) is 1. The molecule has 6 nitrogen and oxygen atoms in total. The molecule has 33 heavy (non-hydrogen) atoms. The summed E-state index contributed by atoms with van der Waals surface area (Å²) in [5.74, 6) is 0.913. The third kappa shape index (κ3) is 5.85. The van der Waals surface area contributed by atoms with Gasteiger partial charge in [-0.3, -0.25) is 14.6 Å². The van der Waals surface area contributed by atoms with Crippen LogP contribution in [0.25, 0.3) is 0 Å². The highest BCUT2D eigenvalue weighted by Gasteiger charge is 2.40. The lowest BCUT2D eigenvalue weighted by molar-refractivity contribution is -0.136. The number of nitrogens with zero attached hydrogens (tertiary/aromatic N) is 3. The molecular weight excluding hydrogens is 438 g/mol. The van der Waals surface area contributed by atoms with Crippen molar-refractivity contribution in [3.8, 4) is 5.75 Å². The number of hydrogen-bond donors (Lipinski definition) is 0. The fourth-order valence-electron chi connectivity index (χ4n) is 4.81. The van der Waals surface area contributed by atoms with Gasteiger partial charge in [0.25, 0.3) is 5.91 Å². The van der Waals surface area contributed by atoms with Gasteiger partial charge in [-0.05, 0) is 69.4 Å². The lowest BCUT2D eigenvalue weighted by Crippen LogP contribution is -2.48. The standard InChI is InChI=1S/C26H32ClN3O3/c1-20-23(9-6-12-28-20)25(32)30-15-10-26(11-16-30,18-24(31)29-13-3-2-4-14-29)19-33-22-8-5-7-21(27)17-22/h5-9,12,17H,2-4,10-11,13-16,18-19H2,1H3. The smallest absolute Gasteiger partial charge is 0.255 e. The van der Waals surface area contributed by atoms with Gasteiger partial charge in [0.2, 0.25) is 5.91 Å². The SMILES string of the molecule is Cc1ncccc1C(=O)N1CCC(COc2cccc(Cl)c2)(CC(=O)N2CCCCC2)CC1. The summed E-state index contributed by atoms with van der Waals surface area (Å²) in [7, 11) is 0. The van der Waals surface area contributed by atoms with Gasteiger partial charge in [0, 0.05) is 54.9 Å². The molecule has 0 N–H and O–H groups in total. The number of piperidine rings is 2. The Morgan fingerprint density at radius 2 is 1.79 bits per heavy atom. The molecule has 0 radical (unpaired) electrons. The van der Waals surface area contributed by atoms with Crippen LogP contribution in [-0.2, 0) is 4.79 Å². The maximum Gasteiger partial charge on any atom is 0.255 e. The number of carbonyl (C=O) groups excluding carboxylic acids is 2. The van der Waals surface area contributed by atoms with E-state index in [0.29, 0.717) is 42.5 Å². The number of hydrogen-bond acceptors (Lipinski definition) is 4. The first-order valence-electron chi connectivity index (χ1n) is 11.8. The number of rotatable bonds is 6. The fraction of sp³-hybridized carbons (Fsp3) is 0.500. The fourth-order valence-corrected chi connectivity index (χ4v) is 4.99. The molecule has 7 heteroatoms. The van der Waals surface area contributed by atoms with Crippen molar-refractivity contribution in [1.82, 2.24) is 14.8 Å². The number of halogens is 1. The lowest BCUT2D eigenvalue weighted by Gasteiger charge is -2.42. The summed E-state index contributed by atoms with van der Waals surface area (Å²) < 4.78 is 6.15. The first-order chi connectivity index (χ1) is 16.0. The number of amides is 2. The molecular formula is C26H32ClN3O3. The molecule has 0 aliphatic carbocycles. The zero-order valence-electron chi connectivity index (χ0n) is 19.3. The van der Waals surface area contributed by atoms with Crippen molar-refractivity contribution < 1.29 is 14.3 Å². The molecule has 0 saturated carbocycles. The predicted octanol–water partition coefficient (Wildman–Crippen LogP) is 4.75. The van der Waals surface area contributed by atoms with E-state index < -0.39 is 0 Å². The van der Waals surface area contributed by atoms with Gasteiger partial charge in [0.1, 0.15) is 5.75 Å². The lowest BCUT2D eigenvalue weighted by atomic mass is 9.75. The minimum atomic E-state index is -0.308. The monoisotopic (exact) mass is 469 g/mol. The molecule has 2 amide bonds. The van der Waals surface area contributed by atoms with Crippen LogP contribution in [0, 0.1) is 12.3 Å². The molecule has 176 valence electrons. The minimum absolute atomic E-state index is 0.00677. The molecule has 1 aromatic heterocycles. The summed E-state index contributed by atoms with van der Waals surface area (Å²) >= 11 is 6.12. The Labute approximate surface area is 200 Å². The van der Waals surface area contributed by atoms with E-state index in [1.54, 1.807) is 18.3 Å². The Morgan fingerprint density at radius 3 is 2.48 bits per heavy atom. The van der Waals surface area contributed by atoms with Crippen molar-refractivity contribution in [3.05, 3.63) is 58.9 Å². The van der Waals surface area contributed by atoms with Crippen molar-refractivity contribution in [1.29, 1.82) is 0 Å².